The van der Waals surface area contributed by atoms with Crippen LogP contribution in [0.1, 0.15) is 15.9 Å². The van der Waals surface area contributed by atoms with E-state index in [2.05, 4.69) is 56.1 Å². The molecule has 10 heteroatoms. The SMILES string of the molecule is CO.Cc1cc(Br)cnc1N1CCN(C)CC1.O=CNc1cc(F)c(C=O)c(F)c1. The Balaban J connectivity index is 0.000000280. The second kappa shape index (κ2) is 13.0. The Bertz CT molecular complexity index is 824. The van der Waals surface area contributed by atoms with Gasteiger partial charge in [0.2, 0.25) is 6.41 Å². The van der Waals surface area contributed by atoms with Crippen molar-refractivity contribution in [3.8, 4) is 0 Å². The summed E-state index contributed by atoms with van der Waals surface area (Å²) in [6, 6.07) is 3.85. The Morgan fingerprint density at radius 1 is 1.10 bits per heavy atom. The predicted octanol–water partition coefficient (Wildman–Crippen LogP) is 2.86. The molecule has 0 saturated carbocycles. The number of hydrogen-bond acceptors (Lipinski definition) is 6. The number of hydrogen-bond donors (Lipinski definition) is 2. The number of aryl methyl sites for hydroxylation is 1. The highest BCUT2D eigenvalue weighted by molar-refractivity contribution is 9.10. The summed E-state index contributed by atoms with van der Waals surface area (Å²) in [7, 11) is 3.17. The zero-order chi connectivity index (χ0) is 22.7. The summed E-state index contributed by atoms with van der Waals surface area (Å²) in [5.74, 6) is -0.870. The van der Waals surface area contributed by atoms with Crippen molar-refractivity contribution >= 4 is 40.1 Å². The van der Waals surface area contributed by atoms with E-state index in [1.807, 2.05) is 6.20 Å². The number of carbonyl (C=O) groups is 2. The van der Waals surface area contributed by atoms with Gasteiger partial charge in [-0.3, -0.25) is 9.59 Å². The lowest BCUT2D eigenvalue weighted by Crippen LogP contribution is -2.45. The van der Waals surface area contributed by atoms with E-state index in [0.717, 1.165) is 55.7 Å². The largest absolute Gasteiger partial charge is 0.400 e. The number of nitrogens with zero attached hydrogens (tertiary/aromatic N) is 3. The van der Waals surface area contributed by atoms with E-state index in [1.54, 1.807) is 0 Å². The third-order valence-electron chi connectivity index (χ3n) is 4.24. The number of aromatic nitrogens is 1. The molecular formula is C20H25BrF2N4O3. The molecule has 3 rings (SSSR count). The molecule has 2 aromatic rings. The molecule has 0 bridgehead atoms. The van der Waals surface area contributed by atoms with Crippen molar-refractivity contribution in [3.63, 3.8) is 0 Å². The van der Waals surface area contributed by atoms with Gasteiger partial charge < -0.3 is 20.2 Å². The highest BCUT2D eigenvalue weighted by Crippen LogP contribution is 2.21. The first-order valence-corrected chi connectivity index (χ1v) is 9.79. The van der Waals surface area contributed by atoms with Crippen LogP contribution in [0, 0.1) is 18.6 Å². The Hall–Kier alpha value is -2.43. The van der Waals surface area contributed by atoms with Crippen molar-refractivity contribution in [1.82, 2.24) is 9.88 Å². The van der Waals surface area contributed by atoms with E-state index in [9.17, 15) is 18.4 Å². The predicted molar refractivity (Wildman–Crippen MR) is 116 cm³/mol. The Morgan fingerprint density at radius 2 is 1.67 bits per heavy atom. The Kier molecular flexibility index (Phi) is 11.1. The van der Waals surface area contributed by atoms with Crippen LogP contribution in [0.3, 0.4) is 0 Å². The lowest BCUT2D eigenvalue weighted by atomic mass is 10.2. The fraction of sp³-hybridized carbons (Fsp3) is 0.350. The molecule has 1 aromatic carbocycles. The zero-order valence-corrected chi connectivity index (χ0v) is 18.6. The molecule has 0 atom stereocenters. The number of aldehydes is 1. The van der Waals surface area contributed by atoms with Crippen LogP contribution in [0.15, 0.2) is 28.9 Å². The molecule has 1 amide bonds. The first kappa shape index (κ1) is 25.6. The fourth-order valence-electron chi connectivity index (χ4n) is 2.73. The molecule has 1 fully saturated rings. The van der Waals surface area contributed by atoms with Crippen LogP contribution in [0.5, 0.6) is 0 Å². The average molecular weight is 487 g/mol. The third-order valence-corrected chi connectivity index (χ3v) is 4.68. The normalized spacial score (nSPS) is 13.4. The molecule has 0 aliphatic carbocycles. The fourth-order valence-corrected chi connectivity index (χ4v) is 3.18. The van der Waals surface area contributed by atoms with Gasteiger partial charge in [-0.1, -0.05) is 0 Å². The van der Waals surface area contributed by atoms with Crippen LogP contribution >= 0.6 is 15.9 Å². The summed E-state index contributed by atoms with van der Waals surface area (Å²) < 4.78 is 26.7. The lowest BCUT2D eigenvalue weighted by molar-refractivity contribution is -0.105. The maximum atomic E-state index is 12.8. The van der Waals surface area contributed by atoms with Gasteiger partial charge in [-0.25, -0.2) is 13.8 Å². The van der Waals surface area contributed by atoms with Gasteiger partial charge in [0.25, 0.3) is 0 Å². The molecule has 1 saturated heterocycles. The topological polar surface area (TPSA) is 85.8 Å². The lowest BCUT2D eigenvalue weighted by Gasteiger charge is -2.33. The van der Waals surface area contributed by atoms with E-state index in [-0.39, 0.29) is 18.4 Å². The highest BCUT2D eigenvalue weighted by Gasteiger charge is 2.16. The number of aliphatic hydroxyl groups is 1. The summed E-state index contributed by atoms with van der Waals surface area (Å²) in [4.78, 5) is 29.3. The monoisotopic (exact) mass is 486 g/mol. The van der Waals surface area contributed by atoms with Crippen molar-refractivity contribution in [2.24, 2.45) is 0 Å². The number of halogens is 3. The van der Waals surface area contributed by atoms with E-state index < -0.39 is 17.2 Å². The Morgan fingerprint density at radius 3 is 2.13 bits per heavy atom. The van der Waals surface area contributed by atoms with E-state index >= 15 is 0 Å². The minimum Gasteiger partial charge on any atom is -0.400 e. The van der Waals surface area contributed by atoms with Gasteiger partial charge in [-0.05, 0) is 53.7 Å². The molecule has 1 aromatic heterocycles. The van der Waals surface area contributed by atoms with Gasteiger partial charge in [-0.15, -0.1) is 0 Å². The van der Waals surface area contributed by atoms with Gasteiger partial charge in [0.05, 0.1) is 5.56 Å². The molecule has 7 nitrogen and oxygen atoms in total. The molecule has 0 radical (unpaired) electrons. The van der Waals surface area contributed by atoms with Gasteiger partial charge in [0, 0.05) is 49.6 Å². The number of aliphatic hydroxyl groups excluding tert-OH is 1. The van der Waals surface area contributed by atoms with Crippen molar-refractivity contribution in [1.29, 1.82) is 0 Å². The number of benzene rings is 1. The van der Waals surface area contributed by atoms with Crippen LogP contribution in [-0.4, -0.2) is 68.0 Å². The molecule has 164 valence electrons. The van der Waals surface area contributed by atoms with E-state index in [0.29, 0.717) is 0 Å². The van der Waals surface area contributed by atoms with Gasteiger partial charge >= 0.3 is 0 Å². The second-order valence-electron chi connectivity index (χ2n) is 6.32. The quantitative estimate of drug-likeness (QED) is 0.646. The maximum absolute atomic E-state index is 12.8. The van der Waals surface area contributed by atoms with Crippen LogP contribution in [0.2, 0.25) is 0 Å². The zero-order valence-electron chi connectivity index (χ0n) is 17.0. The molecule has 30 heavy (non-hydrogen) atoms. The van der Waals surface area contributed by atoms with Crippen LogP contribution in [0.25, 0.3) is 0 Å². The van der Waals surface area contributed by atoms with E-state index in [4.69, 9.17) is 5.11 Å². The second-order valence-corrected chi connectivity index (χ2v) is 7.23. The average Bonchev–Trinajstić information content (AvgIpc) is 2.71. The standard InChI is InChI=1S/C11H16BrN3.C8H5F2NO2.CH4O/c1-9-7-10(12)8-13-11(9)15-5-3-14(2)4-6-15;9-7-1-5(11-4-13)2-8(10)6(7)3-12;1-2/h7-8H,3-6H2,1-2H3;1-4H,(H,11,13);2H,1H3. The van der Waals surface area contributed by atoms with Gasteiger partial charge in [-0.2, -0.15) is 0 Å². The van der Waals surface area contributed by atoms with Crippen LogP contribution < -0.4 is 10.2 Å². The van der Waals surface area contributed by atoms with Gasteiger partial charge in [0.15, 0.2) is 6.29 Å². The van der Waals surface area contributed by atoms with Crippen molar-refractivity contribution in [2.45, 2.75) is 6.92 Å². The number of nitrogens with one attached hydrogen (secondary N) is 1. The van der Waals surface area contributed by atoms with Crippen molar-refractivity contribution in [2.75, 3.05) is 50.6 Å². The molecule has 2 N–H and O–H groups in total. The van der Waals surface area contributed by atoms with Gasteiger partial charge in [0.1, 0.15) is 17.5 Å². The Labute approximate surface area is 182 Å². The number of pyridine rings is 1. The summed E-state index contributed by atoms with van der Waals surface area (Å²) in [6.07, 6.45) is 2.24. The molecule has 0 spiro atoms. The van der Waals surface area contributed by atoms with Crippen molar-refractivity contribution < 1.29 is 23.5 Å². The summed E-state index contributed by atoms with van der Waals surface area (Å²) in [5, 5.41) is 9.06. The number of anilines is 2. The van der Waals surface area contributed by atoms with Crippen LogP contribution in [-0.2, 0) is 4.79 Å². The number of amides is 1. The van der Waals surface area contributed by atoms with Crippen LogP contribution in [0.4, 0.5) is 20.3 Å². The third kappa shape index (κ3) is 7.43. The minimum absolute atomic E-state index is 0.0319. The smallest absolute Gasteiger partial charge is 0.211 e. The molecular weight excluding hydrogens is 462 g/mol. The summed E-state index contributed by atoms with van der Waals surface area (Å²) in [5.41, 5.74) is 0.570. The van der Waals surface area contributed by atoms with E-state index in [1.165, 1.54) is 5.56 Å². The first-order valence-electron chi connectivity index (χ1n) is 9.00. The molecule has 0 unspecified atom stereocenters. The number of piperazine rings is 1. The minimum atomic E-state index is -1.00. The number of likely N-dealkylation sites (N-methyl/N-ethyl adjacent to an activating group) is 1. The highest BCUT2D eigenvalue weighted by atomic mass is 79.9. The van der Waals surface area contributed by atoms with Crippen molar-refractivity contribution in [3.05, 3.63) is 51.6 Å². The summed E-state index contributed by atoms with van der Waals surface area (Å²) in [6.45, 7) is 6.51. The number of carbonyl (C=O) groups excluding carboxylic acids is 2. The molecule has 2 heterocycles. The first-order chi connectivity index (χ1) is 14.3. The number of rotatable bonds is 4. The molecule has 1 aliphatic rings. The summed E-state index contributed by atoms with van der Waals surface area (Å²) >= 11 is 3.44. The maximum Gasteiger partial charge on any atom is 0.211 e. The molecule has 1 aliphatic heterocycles.